The number of nitrogen functional groups attached to an aromatic ring is 1. The summed E-state index contributed by atoms with van der Waals surface area (Å²) in [6.45, 7) is 4.15. The van der Waals surface area contributed by atoms with Gasteiger partial charge in [0.15, 0.2) is 5.95 Å². The van der Waals surface area contributed by atoms with E-state index in [4.69, 9.17) is 10.5 Å². The van der Waals surface area contributed by atoms with E-state index in [1.807, 2.05) is 17.7 Å². The van der Waals surface area contributed by atoms with Crippen molar-refractivity contribution in [2.45, 2.75) is 13.8 Å². The Morgan fingerprint density at radius 2 is 1.88 bits per heavy atom. The highest BCUT2D eigenvalue weighted by Gasteiger charge is 2.12. The summed E-state index contributed by atoms with van der Waals surface area (Å²) >= 11 is 0. The molecule has 2 N–H and O–H groups in total. The highest BCUT2D eigenvalue weighted by molar-refractivity contribution is 5.70. The van der Waals surface area contributed by atoms with E-state index in [0.29, 0.717) is 5.95 Å². The summed E-state index contributed by atoms with van der Waals surface area (Å²) in [6.07, 6.45) is 1.77. The van der Waals surface area contributed by atoms with Crippen LogP contribution in [0.15, 0.2) is 18.3 Å². The Labute approximate surface area is 101 Å². The molecule has 4 heteroatoms. The van der Waals surface area contributed by atoms with Crippen molar-refractivity contribution in [1.82, 2.24) is 9.55 Å². The molecule has 0 saturated heterocycles. The minimum absolute atomic E-state index is 0.500. The minimum Gasteiger partial charge on any atom is -0.496 e. The SMILES string of the molecule is COc1cc(C)c(C)cc1-c1cnc(N)n1C. The first-order valence-electron chi connectivity index (χ1n) is 5.47. The highest BCUT2D eigenvalue weighted by atomic mass is 16.5. The first-order valence-corrected chi connectivity index (χ1v) is 5.47. The van der Waals surface area contributed by atoms with E-state index >= 15 is 0 Å². The molecule has 2 rings (SSSR count). The van der Waals surface area contributed by atoms with Crippen LogP contribution in [-0.4, -0.2) is 16.7 Å². The van der Waals surface area contributed by atoms with Gasteiger partial charge in [0, 0.05) is 12.6 Å². The number of aryl methyl sites for hydroxylation is 2. The van der Waals surface area contributed by atoms with Crippen molar-refractivity contribution in [3.63, 3.8) is 0 Å². The predicted octanol–water partition coefficient (Wildman–Crippen LogP) is 2.29. The van der Waals surface area contributed by atoms with E-state index in [-0.39, 0.29) is 0 Å². The van der Waals surface area contributed by atoms with E-state index in [2.05, 4.69) is 24.9 Å². The molecule has 17 heavy (non-hydrogen) atoms. The number of hydrogen-bond donors (Lipinski definition) is 1. The third kappa shape index (κ3) is 1.86. The van der Waals surface area contributed by atoms with Gasteiger partial charge in [-0.15, -0.1) is 0 Å². The van der Waals surface area contributed by atoms with Gasteiger partial charge in [-0.3, -0.25) is 0 Å². The van der Waals surface area contributed by atoms with Crippen LogP contribution in [0.3, 0.4) is 0 Å². The Balaban J connectivity index is 2.66. The van der Waals surface area contributed by atoms with E-state index < -0.39 is 0 Å². The van der Waals surface area contributed by atoms with Crippen LogP contribution < -0.4 is 10.5 Å². The second-order valence-electron chi connectivity index (χ2n) is 4.20. The number of nitrogens with zero attached hydrogens (tertiary/aromatic N) is 2. The lowest BCUT2D eigenvalue weighted by molar-refractivity contribution is 0.415. The van der Waals surface area contributed by atoms with E-state index in [1.54, 1.807) is 13.3 Å². The van der Waals surface area contributed by atoms with Crippen molar-refractivity contribution in [2.75, 3.05) is 12.8 Å². The highest BCUT2D eigenvalue weighted by Crippen LogP contribution is 2.32. The zero-order valence-electron chi connectivity index (χ0n) is 10.6. The summed E-state index contributed by atoms with van der Waals surface area (Å²) in [7, 11) is 3.57. The standard InChI is InChI=1S/C13H17N3O/c1-8-5-10(12(17-4)6-9(8)2)11-7-15-13(14)16(11)3/h5-7H,1-4H3,(H2,14,15). The number of methoxy groups -OCH3 is 1. The number of hydrogen-bond acceptors (Lipinski definition) is 3. The topological polar surface area (TPSA) is 53.1 Å². The smallest absolute Gasteiger partial charge is 0.200 e. The predicted molar refractivity (Wildman–Crippen MR) is 69.1 cm³/mol. The zero-order valence-corrected chi connectivity index (χ0v) is 10.6. The van der Waals surface area contributed by atoms with Crippen LogP contribution in [0.4, 0.5) is 5.95 Å². The number of nitrogens with two attached hydrogens (primary N) is 1. The van der Waals surface area contributed by atoms with Gasteiger partial charge in [-0.2, -0.15) is 0 Å². The Bertz CT molecular complexity index is 558. The van der Waals surface area contributed by atoms with Crippen molar-refractivity contribution in [1.29, 1.82) is 0 Å². The molecule has 0 aliphatic carbocycles. The van der Waals surface area contributed by atoms with Crippen LogP contribution >= 0.6 is 0 Å². The molecule has 0 unspecified atom stereocenters. The Hall–Kier alpha value is -1.97. The third-order valence-electron chi connectivity index (χ3n) is 3.12. The molecule has 1 heterocycles. The maximum atomic E-state index is 5.75. The summed E-state index contributed by atoms with van der Waals surface area (Å²) in [5.74, 6) is 1.34. The number of ether oxygens (including phenoxy) is 1. The van der Waals surface area contributed by atoms with Crippen LogP contribution in [0.2, 0.25) is 0 Å². The maximum absolute atomic E-state index is 5.75. The van der Waals surface area contributed by atoms with Crippen molar-refractivity contribution in [3.8, 4) is 17.0 Å². The summed E-state index contributed by atoms with van der Waals surface area (Å²) < 4.78 is 7.27. The molecule has 1 aromatic carbocycles. The van der Waals surface area contributed by atoms with Crippen LogP contribution in [0, 0.1) is 13.8 Å². The Morgan fingerprint density at radius 1 is 1.24 bits per heavy atom. The van der Waals surface area contributed by atoms with Gasteiger partial charge in [0.2, 0.25) is 0 Å². The molecule has 90 valence electrons. The fraction of sp³-hybridized carbons (Fsp3) is 0.308. The molecule has 0 radical (unpaired) electrons. The molecule has 0 atom stereocenters. The van der Waals surface area contributed by atoms with Crippen LogP contribution in [-0.2, 0) is 7.05 Å². The quantitative estimate of drug-likeness (QED) is 0.862. The van der Waals surface area contributed by atoms with Gasteiger partial charge in [0.1, 0.15) is 5.75 Å². The second-order valence-corrected chi connectivity index (χ2v) is 4.20. The fourth-order valence-electron chi connectivity index (χ4n) is 1.83. The molecule has 0 amide bonds. The van der Waals surface area contributed by atoms with E-state index in [9.17, 15) is 0 Å². The molecule has 0 aliphatic rings. The Kier molecular flexibility index (Phi) is 2.79. The second kappa shape index (κ2) is 4.13. The average Bonchev–Trinajstić information content (AvgIpc) is 2.63. The molecule has 2 aromatic rings. The molecule has 0 aliphatic heterocycles. The van der Waals surface area contributed by atoms with Crippen molar-refractivity contribution < 1.29 is 4.74 Å². The first-order chi connectivity index (χ1) is 8.04. The lowest BCUT2D eigenvalue weighted by Crippen LogP contribution is -2.00. The fourth-order valence-corrected chi connectivity index (χ4v) is 1.83. The van der Waals surface area contributed by atoms with Crippen LogP contribution in [0.5, 0.6) is 5.75 Å². The monoisotopic (exact) mass is 231 g/mol. The van der Waals surface area contributed by atoms with E-state index in [1.165, 1.54) is 11.1 Å². The van der Waals surface area contributed by atoms with E-state index in [0.717, 1.165) is 17.0 Å². The molecule has 1 aromatic heterocycles. The van der Waals surface area contributed by atoms with Crippen molar-refractivity contribution in [3.05, 3.63) is 29.5 Å². The zero-order chi connectivity index (χ0) is 12.6. The van der Waals surface area contributed by atoms with Crippen molar-refractivity contribution >= 4 is 5.95 Å². The number of aromatic nitrogens is 2. The summed E-state index contributed by atoms with van der Waals surface area (Å²) in [4.78, 5) is 4.11. The van der Waals surface area contributed by atoms with Gasteiger partial charge < -0.3 is 15.0 Å². The molecule has 0 fully saturated rings. The van der Waals surface area contributed by atoms with Gasteiger partial charge in [-0.1, -0.05) is 0 Å². The maximum Gasteiger partial charge on any atom is 0.200 e. The van der Waals surface area contributed by atoms with Gasteiger partial charge in [-0.25, -0.2) is 4.98 Å². The largest absolute Gasteiger partial charge is 0.496 e. The molecule has 0 bridgehead atoms. The summed E-state index contributed by atoms with van der Waals surface area (Å²) in [5, 5.41) is 0. The van der Waals surface area contributed by atoms with Gasteiger partial charge in [0.05, 0.1) is 19.0 Å². The lowest BCUT2D eigenvalue weighted by Gasteiger charge is -2.12. The summed E-state index contributed by atoms with van der Waals surface area (Å²) in [6, 6.07) is 4.14. The van der Waals surface area contributed by atoms with Gasteiger partial charge in [-0.05, 0) is 37.1 Å². The number of rotatable bonds is 2. The molecular weight excluding hydrogens is 214 g/mol. The normalized spacial score (nSPS) is 10.6. The summed E-state index contributed by atoms with van der Waals surface area (Å²) in [5.41, 5.74) is 10.2. The average molecular weight is 231 g/mol. The number of imidazole rings is 1. The van der Waals surface area contributed by atoms with Crippen LogP contribution in [0.1, 0.15) is 11.1 Å². The lowest BCUT2D eigenvalue weighted by atomic mass is 10.0. The molecule has 0 saturated carbocycles. The number of anilines is 1. The van der Waals surface area contributed by atoms with Gasteiger partial charge >= 0.3 is 0 Å². The molecule has 0 spiro atoms. The van der Waals surface area contributed by atoms with Gasteiger partial charge in [0.25, 0.3) is 0 Å². The molecule has 4 nitrogen and oxygen atoms in total. The molecular formula is C13H17N3O. The van der Waals surface area contributed by atoms with Crippen LogP contribution in [0.25, 0.3) is 11.3 Å². The van der Waals surface area contributed by atoms with Crippen molar-refractivity contribution in [2.24, 2.45) is 7.05 Å². The minimum atomic E-state index is 0.500. The number of benzene rings is 1. The Morgan fingerprint density at radius 3 is 2.41 bits per heavy atom. The first kappa shape index (κ1) is 11.5. The third-order valence-corrected chi connectivity index (χ3v) is 3.12.